The fourth-order valence-electron chi connectivity index (χ4n) is 3.54. The first kappa shape index (κ1) is 24.7. The van der Waals surface area contributed by atoms with E-state index in [1.165, 1.54) is 18.9 Å². The van der Waals surface area contributed by atoms with Gasteiger partial charge in [0.15, 0.2) is 29.4 Å². The van der Waals surface area contributed by atoms with Crippen LogP contribution in [0.25, 0.3) is 11.1 Å². The van der Waals surface area contributed by atoms with Crippen molar-refractivity contribution >= 4 is 23.5 Å². The SMILES string of the molecule is COC(=O)[C@@H]1CCCN1C(=O)[C@@H](C)Oc1cc(-c2c(F)c(F)c(F)c(F)c2F)c(F)cc1Cl. The number of hydrogen-bond acceptors (Lipinski definition) is 4. The minimum Gasteiger partial charge on any atom is -0.479 e. The number of benzene rings is 2. The van der Waals surface area contributed by atoms with Crippen LogP contribution in [0.15, 0.2) is 12.1 Å². The normalized spacial score (nSPS) is 16.6. The molecule has 2 aromatic rings. The highest BCUT2D eigenvalue weighted by atomic mass is 35.5. The molecule has 178 valence electrons. The summed E-state index contributed by atoms with van der Waals surface area (Å²) in [7, 11) is 1.17. The third kappa shape index (κ3) is 4.46. The van der Waals surface area contributed by atoms with Gasteiger partial charge in [0.2, 0.25) is 5.82 Å². The zero-order chi connectivity index (χ0) is 24.6. The number of amides is 1. The predicted octanol–water partition coefficient (Wildman–Crippen LogP) is 4.77. The average molecular weight is 496 g/mol. The molecule has 0 aliphatic carbocycles. The summed E-state index contributed by atoms with van der Waals surface area (Å²) in [5, 5.41) is -0.425. The minimum absolute atomic E-state index is 0.235. The van der Waals surface area contributed by atoms with Crippen LogP contribution in [0, 0.1) is 34.9 Å². The molecule has 0 spiro atoms. The van der Waals surface area contributed by atoms with Crippen molar-refractivity contribution in [3.05, 3.63) is 52.1 Å². The van der Waals surface area contributed by atoms with Crippen LogP contribution in [-0.4, -0.2) is 42.6 Å². The van der Waals surface area contributed by atoms with E-state index in [4.69, 9.17) is 16.3 Å². The van der Waals surface area contributed by atoms with Gasteiger partial charge < -0.3 is 14.4 Å². The van der Waals surface area contributed by atoms with Gasteiger partial charge in [-0.2, -0.15) is 0 Å². The molecule has 1 fully saturated rings. The topological polar surface area (TPSA) is 55.8 Å². The quantitative estimate of drug-likeness (QED) is 0.259. The molecule has 1 aliphatic rings. The second-order valence-electron chi connectivity index (χ2n) is 7.18. The van der Waals surface area contributed by atoms with Crippen molar-refractivity contribution in [2.75, 3.05) is 13.7 Å². The Hall–Kier alpha value is -2.95. The largest absolute Gasteiger partial charge is 0.479 e. The molecule has 0 aromatic heterocycles. The summed E-state index contributed by atoms with van der Waals surface area (Å²) in [4.78, 5) is 25.9. The summed E-state index contributed by atoms with van der Waals surface area (Å²) in [6.07, 6.45) is -0.408. The van der Waals surface area contributed by atoms with Crippen LogP contribution in [0.4, 0.5) is 26.3 Å². The molecule has 0 saturated carbocycles. The number of likely N-dealkylation sites (tertiary alicyclic amines) is 1. The molecule has 0 bridgehead atoms. The molecular formula is C21H16ClF6NO4. The molecule has 12 heteroatoms. The van der Waals surface area contributed by atoms with Gasteiger partial charge in [-0.15, -0.1) is 0 Å². The number of nitrogens with zero attached hydrogens (tertiary/aromatic N) is 1. The van der Waals surface area contributed by atoms with Gasteiger partial charge in [-0.25, -0.2) is 31.1 Å². The molecule has 2 atom stereocenters. The second-order valence-corrected chi connectivity index (χ2v) is 7.59. The Morgan fingerprint density at radius 1 is 1.03 bits per heavy atom. The van der Waals surface area contributed by atoms with E-state index in [0.717, 1.165) is 0 Å². The highest BCUT2D eigenvalue weighted by Gasteiger charge is 2.37. The van der Waals surface area contributed by atoms with E-state index in [1.54, 1.807) is 0 Å². The van der Waals surface area contributed by atoms with Gasteiger partial charge in [-0.05, 0) is 31.9 Å². The Kier molecular flexibility index (Phi) is 7.11. The van der Waals surface area contributed by atoms with E-state index in [-0.39, 0.29) is 6.54 Å². The monoisotopic (exact) mass is 495 g/mol. The number of ether oxygens (including phenoxy) is 2. The number of hydrogen-bond donors (Lipinski definition) is 0. The first-order chi connectivity index (χ1) is 15.5. The Labute approximate surface area is 188 Å². The van der Waals surface area contributed by atoms with E-state index < -0.39 is 80.8 Å². The fraction of sp³-hybridized carbons (Fsp3) is 0.333. The van der Waals surface area contributed by atoms with Crippen LogP contribution in [0.5, 0.6) is 5.75 Å². The third-order valence-electron chi connectivity index (χ3n) is 5.16. The summed E-state index contributed by atoms with van der Waals surface area (Å²) in [6.45, 7) is 1.52. The Morgan fingerprint density at radius 3 is 2.18 bits per heavy atom. The zero-order valence-corrected chi connectivity index (χ0v) is 17.9. The Bertz CT molecular complexity index is 1100. The zero-order valence-electron chi connectivity index (χ0n) is 17.2. The fourth-order valence-corrected chi connectivity index (χ4v) is 3.73. The Morgan fingerprint density at radius 2 is 1.61 bits per heavy atom. The van der Waals surface area contributed by atoms with Gasteiger partial charge in [-0.1, -0.05) is 11.6 Å². The Balaban J connectivity index is 1.96. The number of carbonyl (C=O) groups excluding carboxylic acids is 2. The van der Waals surface area contributed by atoms with Gasteiger partial charge >= 0.3 is 5.97 Å². The van der Waals surface area contributed by atoms with Gasteiger partial charge in [0.1, 0.15) is 17.6 Å². The minimum atomic E-state index is -2.40. The highest BCUT2D eigenvalue weighted by Crippen LogP contribution is 2.38. The molecule has 0 N–H and O–H groups in total. The van der Waals surface area contributed by atoms with Crippen molar-refractivity contribution < 1.29 is 45.4 Å². The molecule has 1 amide bonds. The molecule has 0 radical (unpaired) electrons. The molecule has 0 unspecified atom stereocenters. The van der Waals surface area contributed by atoms with Crippen LogP contribution < -0.4 is 4.74 Å². The molecule has 1 aliphatic heterocycles. The van der Waals surface area contributed by atoms with Crippen LogP contribution in [0.2, 0.25) is 5.02 Å². The summed E-state index contributed by atoms with van der Waals surface area (Å²) >= 11 is 5.91. The van der Waals surface area contributed by atoms with Crippen molar-refractivity contribution in [1.29, 1.82) is 0 Å². The summed E-state index contributed by atoms with van der Waals surface area (Å²) in [6, 6.07) is 0.344. The van der Waals surface area contributed by atoms with Crippen molar-refractivity contribution in [1.82, 2.24) is 4.90 Å². The average Bonchev–Trinajstić information content (AvgIpc) is 3.28. The number of esters is 1. The molecule has 3 rings (SSSR count). The molecule has 5 nitrogen and oxygen atoms in total. The first-order valence-electron chi connectivity index (χ1n) is 9.55. The van der Waals surface area contributed by atoms with Crippen LogP contribution >= 0.6 is 11.6 Å². The highest BCUT2D eigenvalue weighted by molar-refractivity contribution is 6.32. The van der Waals surface area contributed by atoms with Crippen molar-refractivity contribution in [2.24, 2.45) is 0 Å². The molecular weight excluding hydrogens is 480 g/mol. The van der Waals surface area contributed by atoms with Gasteiger partial charge in [0.25, 0.3) is 5.91 Å². The van der Waals surface area contributed by atoms with E-state index in [0.29, 0.717) is 25.0 Å². The number of rotatable bonds is 5. The van der Waals surface area contributed by atoms with E-state index in [1.807, 2.05) is 0 Å². The lowest BCUT2D eigenvalue weighted by Crippen LogP contribution is -2.46. The van der Waals surface area contributed by atoms with E-state index >= 15 is 0 Å². The van der Waals surface area contributed by atoms with Gasteiger partial charge in [-0.3, -0.25) is 4.79 Å². The number of methoxy groups -OCH3 is 1. The third-order valence-corrected chi connectivity index (χ3v) is 5.46. The lowest BCUT2D eigenvalue weighted by Gasteiger charge is -2.26. The summed E-state index contributed by atoms with van der Waals surface area (Å²) < 4.78 is 93.4. The first-order valence-corrected chi connectivity index (χ1v) is 9.93. The van der Waals surface area contributed by atoms with Crippen molar-refractivity contribution in [2.45, 2.75) is 31.9 Å². The maximum absolute atomic E-state index is 14.4. The summed E-state index contributed by atoms with van der Waals surface area (Å²) in [5.41, 5.74) is -2.54. The molecule has 1 heterocycles. The maximum atomic E-state index is 14.4. The van der Waals surface area contributed by atoms with Crippen LogP contribution in [0.3, 0.4) is 0 Å². The van der Waals surface area contributed by atoms with Crippen molar-refractivity contribution in [3.8, 4) is 16.9 Å². The lowest BCUT2D eigenvalue weighted by molar-refractivity contribution is -0.153. The number of carbonyl (C=O) groups is 2. The lowest BCUT2D eigenvalue weighted by atomic mass is 10.0. The van der Waals surface area contributed by atoms with Gasteiger partial charge in [0.05, 0.1) is 17.7 Å². The maximum Gasteiger partial charge on any atom is 0.328 e. The van der Waals surface area contributed by atoms with E-state index in [9.17, 15) is 35.9 Å². The molecule has 1 saturated heterocycles. The molecule has 33 heavy (non-hydrogen) atoms. The van der Waals surface area contributed by atoms with Gasteiger partial charge in [0, 0.05) is 12.1 Å². The van der Waals surface area contributed by atoms with E-state index in [2.05, 4.69) is 4.74 Å². The predicted molar refractivity (Wildman–Crippen MR) is 103 cm³/mol. The van der Waals surface area contributed by atoms with Crippen LogP contribution in [-0.2, 0) is 14.3 Å². The number of halogens is 7. The summed E-state index contributed by atoms with van der Waals surface area (Å²) in [5.74, 6) is -14.5. The van der Waals surface area contributed by atoms with Crippen LogP contribution in [0.1, 0.15) is 19.8 Å². The van der Waals surface area contributed by atoms with Crippen molar-refractivity contribution in [3.63, 3.8) is 0 Å². The smallest absolute Gasteiger partial charge is 0.328 e. The molecule has 2 aromatic carbocycles. The second kappa shape index (κ2) is 9.50. The standard InChI is InChI=1S/C21H16ClF6NO4/c1-8(20(30)29-5-3-4-12(29)21(31)32-2)33-13-6-9(11(23)7-10(13)22)14-15(24)17(26)19(28)18(27)16(14)25/h6-8,12H,3-5H2,1-2H3/t8-,12+/m1/s1.